The molecule has 2 N–H and O–H groups in total. The summed E-state index contributed by atoms with van der Waals surface area (Å²) < 4.78 is 29.2. The molecule has 0 radical (unpaired) electrons. The van der Waals surface area contributed by atoms with Crippen molar-refractivity contribution in [3.8, 4) is 5.75 Å². The van der Waals surface area contributed by atoms with Gasteiger partial charge in [0.05, 0.1) is 11.8 Å². The van der Waals surface area contributed by atoms with Crippen LogP contribution >= 0.6 is 7.60 Å². The molecule has 0 heterocycles. The van der Waals surface area contributed by atoms with E-state index in [1.54, 1.807) is 45.0 Å². The monoisotopic (exact) mass is 329 g/mol. The Hall–Kier alpha value is -1.36. The van der Waals surface area contributed by atoms with Gasteiger partial charge in [0.25, 0.3) is 0 Å². The summed E-state index contributed by atoms with van der Waals surface area (Å²) in [6, 6.07) is 8.65. The van der Waals surface area contributed by atoms with Crippen LogP contribution in [0, 0.1) is 0 Å². The van der Waals surface area contributed by atoms with E-state index in [9.17, 15) is 9.36 Å². The number of para-hydroxylation sites is 1. The second kappa shape index (κ2) is 7.77. The zero-order chi connectivity index (χ0) is 16.8. The number of hydrogen-bond donors (Lipinski definition) is 1. The van der Waals surface area contributed by atoms with E-state index in [0.29, 0.717) is 5.75 Å². The minimum atomic E-state index is -3.70. The van der Waals surface area contributed by atoms with Crippen LogP contribution in [0.15, 0.2) is 30.3 Å². The third-order valence-electron chi connectivity index (χ3n) is 3.13. The summed E-state index contributed by atoms with van der Waals surface area (Å²) in [5.41, 5.74) is 5.71. The average molecular weight is 329 g/mol. The molecular weight excluding hydrogens is 305 g/mol. The molecule has 0 aromatic heterocycles. The minimum Gasteiger partial charge on any atom is -0.464 e. The normalized spacial score (nSPS) is 15.7. The Morgan fingerprint density at radius 2 is 1.91 bits per heavy atom. The lowest BCUT2D eigenvalue weighted by molar-refractivity contribution is -0.150. The van der Waals surface area contributed by atoms with Gasteiger partial charge in [0.1, 0.15) is 5.75 Å². The molecule has 0 bridgehead atoms. The van der Waals surface area contributed by atoms with Crippen LogP contribution in [-0.4, -0.2) is 30.4 Å². The van der Waals surface area contributed by atoms with Crippen LogP contribution in [0.2, 0.25) is 0 Å². The molecule has 7 heteroatoms. The minimum absolute atomic E-state index is 0.0760. The highest BCUT2D eigenvalue weighted by atomic mass is 31.2. The highest BCUT2D eigenvalue weighted by molar-refractivity contribution is 7.56. The van der Waals surface area contributed by atoms with E-state index in [1.165, 1.54) is 6.92 Å². The molecular formula is C15H24NO5P. The van der Waals surface area contributed by atoms with Gasteiger partial charge in [-0.05, 0) is 39.8 Å². The van der Waals surface area contributed by atoms with Gasteiger partial charge in [-0.3, -0.25) is 4.52 Å². The third-order valence-corrected chi connectivity index (χ3v) is 5.84. The van der Waals surface area contributed by atoms with E-state index >= 15 is 0 Å². The maximum atomic E-state index is 13.2. The molecule has 6 nitrogen and oxygen atoms in total. The number of esters is 1. The SMILES string of the molecule is CCOC(=O)[C@H](C)OP(=O)(Oc1ccccc1)C(C)(C)CN. The molecule has 1 aromatic carbocycles. The van der Waals surface area contributed by atoms with Gasteiger partial charge in [-0.2, -0.15) is 0 Å². The molecule has 0 spiro atoms. The number of carbonyl (C=O) groups is 1. The molecule has 124 valence electrons. The second-order valence-electron chi connectivity index (χ2n) is 5.42. The fourth-order valence-electron chi connectivity index (χ4n) is 1.53. The van der Waals surface area contributed by atoms with Crippen LogP contribution in [0.3, 0.4) is 0 Å². The van der Waals surface area contributed by atoms with Crippen molar-refractivity contribution in [3.05, 3.63) is 30.3 Å². The van der Waals surface area contributed by atoms with Crippen LogP contribution in [0.1, 0.15) is 27.7 Å². The Balaban J connectivity index is 3.03. The molecule has 0 saturated heterocycles. The largest absolute Gasteiger partial charge is 0.464 e. The Morgan fingerprint density at radius 1 is 1.32 bits per heavy atom. The number of ether oxygens (including phenoxy) is 1. The molecule has 0 saturated carbocycles. The van der Waals surface area contributed by atoms with Crippen LogP contribution in [-0.2, 0) is 18.6 Å². The van der Waals surface area contributed by atoms with E-state index < -0.39 is 24.8 Å². The number of benzene rings is 1. The molecule has 0 aliphatic rings. The van der Waals surface area contributed by atoms with Crippen molar-refractivity contribution < 1.29 is 23.1 Å². The van der Waals surface area contributed by atoms with Gasteiger partial charge in [-0.15, -0.1) is 0 Å². The average Bonchev–Trinajstić information content (AvgIpc) is 2.48. The van der Waals surface area contributed by atoms with Crippen LogP contribution in [0.25, 0.3) is 0 Å². The van der Waals surface area contributed by atoms with Crippen molar-refractivity contribution in [2.24, 2.45) is 5.73 Å². The fraction of sp³-hybridized carbons (Fsp3) is 0.533. The Morgan fingerprint density at radius 3 is 2.41 bits per heavy atom. The summed E-state index contributed by atoms with van der Waals surface area (Å²) in [5, 5.41) is -0.955. The summed E-state index contributed by atoms with van der Waals surface area (Å²) in [4.78, 5) is 11.7. The van der Waals surface area contributed by atoms with E-state index in [1.807, 2.05) is 6.07 Å². The first-order valence-electron chi connectivity index (χ1n) is 7.15. The Labute approximate surface area is 131 Å². The van der Waals surface area contributed by atoms with Crippen molar-refractivity contribution in [2.75, 3.05) is 13.2 Å². The Bertz CT molecular complexity index is 532. The maximum Gasteiger partial charge on any atom is 0.386 e. The van der Waals surface area contributed by atoms with E-state index in [-0.39, 0.29) is 13.2 Å². The molecule has 22 heavy (non-hydrogen) atoms. The fourth-order valence-corrected chi connectivity index (χ4v) is 3.23. The molecule has 0 amide bonds. The van der Waals surface area contributed by atoms with E-state index in [2.05, 4.69) is 0 Å². The van der Waals surface area contributed by atoms with Gasteiger partial charge in [-0.25, -0.2) is 9.36 Å². The number of hydrogen-bond acceptors (Lipinski definition) is 6. The maximum absolute atomic E-state index is 13.2. The lowest BCUT2D eigenvalue weighted by Gasteiger charge is -2.33. The molecule has 0 fully saturated rings. The van der Waals surface area contributed by atoms with Gasteiger partial charge in [-0.1, -0.05) is 18.2 Å². The van der Waals surface area contributed by atoms with Gasteiger partial charge >= 0.3 is 13.6 Å². The second-order valence-corrected chi connectivity index (χ2v) is 8.02. The third kappa shape index (κ3) is 4.57. The predicted octanol–water partition coefficient (Wildman–Crippen LogP) is 2.96. The molecule has 0 aliphatic carbocycles. The number of nitrogens with two attached hydrogens (primary N) is 1. The first-order chi connectivity index (χ1) is 10.3. The number of carbonyl (C=O) groups excluding carboxylic acids is 1. The van der Waals surface area contributed by atoms with E-state index in [0.717, 1.165) is 0 Å². The summed E-state index contributed by atoms with van der Waals surface area (Å²) in [6.45, 7) is 6.81. The summed E-state index contributed by atoms with van der Waals surface area (Å²) in [7, 11) is -3.70. The lowest BCUT2D eigenvalue weighted by atomic mass is 10.2. The highest BCUT2D eigenvalue weighted by Crippen LogP contribution is 2.59. The predicted molar refractivity (Wildman–Crippen MR) is 85.0 cm³/mol. The van der Waals surface area contributed by atoms with Crippen molar-refractivity contribution in [1.29, 1.82) is 0 Å². The Kier molecular flexibility index (Phi) is 6.60. The van der Waals surface area contributed by atoms with Crippen molar-refractivity contribution in [2.45, 2.75) is 39.0 Å². The lowest BCUT2D eigenvalue weighted by Crippen LogP contribution is -2.36. The van der Waals surface area contributed by atoms with Gasteiger partial charge < -0.3 is 15.0 Å². The quantitative estimate of drug-likeness (QED) is 0.583. The summed E-state index contributed by atoms with van der Waals surface area (Å²) in [6.07, 6.45) is -1.01. The standard InChI is InChI=1S/C15H24NO5P/c1-5-19-14(17)12(2)20-22(18,15(3,4)11-16)21-13-9-7-6-8-10-13/h6-10,12H,5,11,16H2,1-4H3/t12-,22?/m0/s1. The topological polar surface area (TPSA) is 87.8 Å². The van der Waals surface area contributed by atoms with E-state index in [4.69, 9.17) is 19.5 Å². The zero-order valence-corrected chi connectivity index (χ0v) is 14.3. The van der Waals surface area contributed by atoms with Gasteiger partial charge in [0.15, 0.2) is 6.10 Å². The molecule has 1 rings (SSSR count). The first-order valence-corrected chi connectivity index (χ1v) is 8.70. The van der Waals surface area contributed by atoms with Crippen molar-refractivity contribution in [1.82, 2.24) is 0 Å². The van der Waals surface area contributed by atoms with Crippen LogP contribution in [0.5, 0.6) is 5.75 Å². The highest BCUT2D eigenvalue weighted by Gasteiger charge is 2.46. The van der Waals surface area contributed by atoms with Gasteiger partial charge in [0.2, 0.25) is 0 Å². The summed E-state index contributed by atoms with van der Waals surface area (Å²) >= 11 is 0. The molecule has 2 atom stereocenters. The van der Waals surface area contributed by atoms with Crippen LogP contribution in [0.4, 0.5) is 0 Å². The molecule has 1 unspecified atom stereocenters. The molecule has 1 aromatic rings. The summed E-state index contributed by atoms with van der Waals surface area (Å²) in [5.74, 6) is -0.198. The van der Waals surface area contributed by atoms with Crippen molar-refractivity contribution >= 4 is 13.6 Å². The van der Waals surface area contributed by atoms with Gasteiger partial charge in [0, 0.05) is 6.54 Å². The van der Waals surface area contributed by atoms with Crippen LogP contribution < -0.4 is 10.3 Å². The smallest absolute Gasteiger partial charge is 0.386 e. The van der Waals surface area contributed by atoms with Crippen molar-refractivity contribution in [3.63, 3.8) is 0 Å². The number of rotatable bonds is 8. The molecule has 0 aliphatic heterocycles. The zero-order valence-electron chi connectivity index (χ0n) is 13.4. The first kappa shape index (κ1) is 18.7.